The summed E-state index contributed by atoms with van der Waals surface area (Å²) in [5, 5.41) is 0.824. The maximum atomic E-state index is 11.7. The summed E-state index contributed by atoms with van der Waals surface area (Å²) in [5.41, 5.74) is 5.01. The van der Waals surface area contributed by atoms with E-state index in [9.17, 15) is 4.79 Å². The van der Waals surface area contributed by atoms with Crippen molar-refractivity contribution in [1.29, 1.82) is 0 Å². The van der Waals surface area contributed by atoms with Gasteiger partial charge in [0.2, 0.25) is 5.91 Å². The fraction of sp³-hybridized carbons (Fsp3) is 0.400. The summed E-state index contributed by atoms with van der Waals surface area (Å²) in [5.74, 6) is 0.151. The molecule has 0 spiro atoms. The number of carbonyl (C=O) groups is 1. The number of carbonyl (C=O) groups excluding carboxylic acids is 1. The van der Waals surface area contributed by atoms with Crippen LogP contribution < -0.4 is 0 Å². The first-order valence-corrected chi connectivity index (χ1v) is 6.84. The van der Waals surface area contributed by atoms with Crippen LogP contribution in [-0.4, -0.2) is 17.4 Å². The third kappa shape index (κ3) is 1.76. The van der Waals surface area contributed by atoms with Gasteiger partial charge < -0.3 is 4.90 Å². The first-order chi connectivity index (χ1) is 8.68. The Morgan fingerprint density at radius 3 is 2.89 bits per heavy atom. The number of nitrogens with zero attached hydrogens (tertiary/aromatic N) is 1. The Balaban J connectivity index is 2.16. The van der Waals surface area contributed by atoms with Crippen molar-refractivity contribution in [2.75, 3.05) is 6.54 Å². The van der Waals surface area contributed by atoms with E-state index in [2.05, 4.69) is 6.07 Å². The third-order valence-corrected chi connectivity index (χ3v) is 4.21. The van der Waals surface area contributed by atoms with Crippen LogP contribution >= 0.6 is 11.6 Å². The van der Waals surface area contributed by atoms with Crippen LogP contribution in [0, 0.1) is 0 Å². The normalized spacial score (nSPS) is 18.4. The van der Waals surface area contributed by atoms with Crippen LogP contribution in [0.3, 0.4) is 0 Å². The van der Waals surface area contributed by atoms with Crippen molar-refractivity contribution in [1.82, 2.24) is 4.90 Å². The van der Waals surface area contributed by atoms with Crippen molar-refractivity contribution in [3.05, 3.63) is 40.0 Å². The van der Waals surface area contributed by atoms with Gasteiger partial charge in [-0.05, 0) is 42.9 Å². The van der Waals surface area contributed by atoms with E-state index in [1.165, 1.54) is 22.4 Å². The number of halogens is 1. The summed E-state index contributed by atoms with van der Waals surface area (Å²) < 4.78 is 0. The highest BCUT2D eigenvalue weighted by Crippen LogP contribution is 2.41. The van der Waals surface area contributed by atoms with Gasteiger partial charge in [0.1, 0.15) is 0 Å². The molecule has 0 bridgehead atoms. The van der Waals surface area contributed by atoms with Gasteiger partial charge in [-0.15, -0.1) is 0 Å². The van der Waals surface area contributed by atoms with Crippen LogP contribution in [0.2, 0.25) is 5.02 Å². The Morgan fingerprint density at radius 1 is 1.28 bits per heavy atom. The zero-order valence-corrected chi connectivity index (χ0v) is 11.3. The minimum atomic E-state index is 0.151. The van der Waals surface area contributed by atoms with Gasteiger partial charge in [0.05, 0.1) is 0 Å². The number of hydrogen-bond donors (Lipinski definition) is 0. The van der Waals surface area contributed by atoms with E-state index in [0.29, 0.717) is 0 Å². The molecule has 1 aromatic rings. The van der Waals surface area contributed by atoms with E-state index in [0.717, 1.165) is 37.3 Å². The molecule has 1 aromatic carbocycles. The SMILES string of the molecule is CC(=O)N1CCCC2=C1CCc1cccc(Cl)c12. The van der Waals surface area contributed by atoms with Crippen molar-refractivity contribution >= 4 is 23.1 Å². The number of hydrogen-bond acceptors (Lipinski definition) is 1. The number of rotatable bonds is 0. The predicted molar refractivity (Wildman–Crippen MR) is 73.3 cm³/mol. The highest BCUT2D eigenvalue weighted by molar-refractivity contribution is 6.32. The Bertz CT molecular complexity index is 547. The Labute approximate surface area is 112 Å². The molecular formula is C15H16ClNO. The second-order valence-electron chi connectivity index (χ2n) is 4.97. The van der Waals surface area contributed by atoms with Crippen molar-refractivity contribution in [3.63, 3.8) is 0 Å². The highest BCUT2D eigenvalue weighted by Gasteiger charge is 2.28. The molecule has 0 aromatic heterocycles. The lowest BCUT2D eigenvalue weighted by atomic mass is 9.84. The fourth-order valence-corrected chi connectivity index (χ4v) is 3.44. The summed E-state index contributed by atoms with van der Waals surface area (Å²) in [4.78, 5) is 13.6. The predicted octanol–water partition coefficient (Wildman–Crippen LogP) is 3.64. The van der Waals surface area contributed by atoms with Crippen LogP contribution in [0.25, 0.3) is 5.57 Å². The smallest absolute Gasteiger partial charge is 0.223 e. The molecule has 3 rings (SSSR count). The molecule has 2 nitrogen and oxygen atoms in total. The molecule has 0 N–H and O–H groups in total. The van der Waals surface area contributed by atoms with Crippen LogP contribution in [0.15, 0.2) is 23.9 Å². The number of allylic oxidation sites excluding steroid dienone is 2. The van der Waals surface area contributed by atoms with Crippen molar-refractivity contribution < 1.29 is 4.79 Å². The summed E-state index contributed by atoms with van der Waals surface area (Å²) >= 11 is 6.35. The largest absolute Gasteiger partial charge is 0.316 e. The second kappa shape index (κ2) is 4.43. The average Bonchev–Trinajstić information content (AvgIpc) is 2.37. The molecule has 1 aliphatic carbocycles. The van der Waals surface area contributed by atoms with E-state index in [4.69, 9.17) is 11.6 Å². The summed E-state index contributed by atoms with van der Waals surface area (Å²) in [6, 6.07) is 6.11. The molecule has 0 fully saturated rings. The average molecular weight is 262 g/mol. The molecule has 0 saturated heterocycles. The zero-order chi connectivity index (χ0) is 12.7. The van der Waals surface area contributed by atoms with Crippen LogP contribution in [0.1, 0.15) is 37.3 Å². The maximum absolute atomic E-state index is 11.7. The van der Waals surface area contributed by atoms with Crippen molar-refractivity contribution in [2.24, 2.45) is 0 Å². The standard InChI is InChI=1S/C15H16ClNO/c1-10(18)17-9-3-5-12-14(17)8-7-11-4-2-6-13(16)15(11)12/h2,4,6H,3,5,7-9H2,1H3. The summed E-state index contributed by atoms with van der Waals surface area (Å²) in [6.07, 6.45) is 4.01. The number of benzene rings is 1. The Hall–Kier alpha value is -1.28. The van der Waals surface area contributed by atoms with E-state index in [1.54, 1.807) is 6.92 Å². The molecule has 1 amide bonds. The monoisotopic (exact) mass is 261 g/mol. The lowest BCUT2D eigenvalue weighted by molar-refractivity contribution is -0.127. The van der Waals surface area contributed by atoms with Gasteiger partial charge in [-0.3, -0.25) is 4.79 Å². The van der Waals surface area contributed by atoms with Gasteiger partial charge in [-0.2, -0.15) is 0 Å². The van der Waals surface area contributed by atoms with Crippen LogP contribution in [0.5, 0.6) is 0 Å². The molecule has 0 saturated carbocycles. The Morgan fingerprint density at radius 2 is 2.11 bits per heavy atom. The number of aryl methyl sites for hydroxylation is 1. The number of amides is 1. The first kappa shape index (κ1) is 11.8. The first-order valence-electron chi connectivity index (χ1n) is 6.46. The van der Waals surface area contributed by atoms with E-state index in [-0.39, 0.29) is 5.91 Å². The fourth-order valence-electron chi connectivity index (χ4n) is 3.13. The number of fused-ring (bicyclic) bond motifs is 2. The molecule has 0 unspecified atom stereocenters. The van der Waals surface area contributed by atoms with E-state index >= 15 is 0 Å². The lowest BCUT2D eigenvalue weighted by Crippen LogP contribution is -2.34. The maximum Gasteiger partial charge on any atom is 0.223 e. The molecule has 3 heteroatoms. The van der Waals surface area contributed by atoms with Gasteiger partial charge in [-0.25, -0.2) is 0 Å². The molecular weight excluding hydrogens is 246 g/mol. The molecule has 0 radical (unpaired) electrons. The van der Waals surface area contributed by atoms with Gasteiger partial charge in [0, 0.05) is 29.8 Å². The van der Waals surface area contributed by atoms with Crippen molar-refractivity contribution in [3.8, 4) is 0 Å². The second-order valence-corrected chi connectivity index (χ2v) is 5.38. The summed E-state index contributed by atoms with van der Waals surface area (Å²) in [7, 11) is 0. The zero-order valence-electron chi connectivity index (χ0n) is 10.5. The summed E-state index contributed by atoms with van der Waals surface area (Å²) in [6.45, 7) is 2.51. The van der Waals surface area contributed by atoms with Crippen molar-refractivity contribution in [2.45, 2.75) is 32.6 Å². The lowest BCUT2D eigenvalue weighted by Gasteiger charge is -2.35. The van der Waals surface area contributed by atoms with Gasteiger partial charge >= 0.3 is 0 Å². The van der Waals surface area contributed by atoms with Gasteiger partial charge in [0.15, 0.2) is 0 Å². The van der Waals surface area contributed by atoms with E-state index in [1.807, 2.05) is 17.0 Å². The third-order valence-electron chi connectivity index (χ3n) is 3.90. The van der Waals surface area contributed by atoms with Gasteiger partial charge in [0.25, 0.3) is 0 Å². The topological polar surface area (TPSA) is 20.3 Å². The minimum absolute atomic E-state index is 0.151. The molecule has 0 atom stereocenters. The minimum Gasteiger partial charge on any atom is -0.316 e. The van der Waals surface area contributed by atoms with Crippen LogP contribution in [0.4, 0.5) is 0 Å². The molecule has 94 valence electrons. The molecule has 18 heavy (non-hydrogen) atoms. The van der Waals surface area contributed by atoms with E-state index < -0.39 is 0 Å². The molecule has 1 heterocycles. The highest BCUT2D eigenvalue weighted by atomic mass is 35.5. The van der Waals surface area contributed by atoms with Crippen LogP contribution in [-0.2, 0) is 11.2 Å². The molecule has 2 aliphatic rings. The van der Waals surface area contributed by atoms with Gasteiger partial charge in [-0.1, -0.05) is 23.7 Å². The Kier molecular flexibility index (Phi) is 2.90. The quantitative estimate of drug-likeness (QED) is 0.698. The molecule has 1 aliphatic heterocycles.